The monoisotopic (exact) mass is 372 g/mol. The van der Waals surface area contributed by atoms with Crippen molar-refractivity contribution in [2.45, 2.75) is 64.4 Å². The van der Waals surface area contributed by atoms with Crippen molar-refractivity contribution in [1.82, 2.24) is 9.97 Å². The van der Waals surface area contributed by atoms with Gasteiger partial charge in [0.25, 0.3) is 0 Å². The fraction of sp³-hybridized carbons (Fsp3) is 0.750. The molecule has 1 N–H and O–H groups in total. The Hall–Kier alpha value is -0.260. The van der Waals surface area contributed by atoms with Crippen molar-refractivity contribution in [3.8, 4) is 0 Å². The molecule has 5 heteroatoms. The maximum Gasteiger partial charge on any atom is 0.144 e. The fourth-order valence-corrected chi connectivity index (χ4v) is 3.93. The van der Waals surface area contributed by atoms with Crippen molar-refractivity contribution in [3.05, 3.63) is 20.6 Å². The molecule has 1 aromatic heterocycles. The lowest BCUT2D eigenvalue weighted by atomic mass is 9.78. The van der Waals surface area contributed by atoms with Crippen molar-refractivity contribution in [2.24, 2.45) is 5.92 Å². The van der Waals surface area contributed by atoms with Gasteiger partial charge in [-0.25, -0.2) is 4.98 Å². The number of nitrogens with one attached hydrogen (secondary N) is 1. The van der Waals surface area contributed by atoms with E-state index in [0.717, 1.165) is 47.6 Å². The summed E-state index contributed by atoms with van der Waals surface area (Å²) in [6, 6.07) is 0. The van der Waals surface area contributed by atoms with Crippen LogP contribution in [-0.2, 0) is 15.8 Å². The zero-order valence-corrected chi connectivity index (χ0v) is 15.9. The number of ether oxygens (including phenoxy) is 1. The minimum absolute atomic E-state index is 0.0268. The summed E-state index contributed by atoms with van der Waals surface area (Å²) in [6.07, 6.45) is 4.32. The van der Waals surface area contributed by atoms with Gasteiger partial charge in [0.15, 0.2) is 0 Å². The van der Waals surface area contributed by atoms with Gasteiger partial charge in [0.1, 0.15) is 16.1 Å². The standard InChI is InChI=1S/C16H25BrN2OS/c1-10-6-8-16(20-5,9-7-10)14-18-12(15(2,3)4)11(17)13(21)19-14/h10H,6-9H2,1-5H3,(H,18,19,21). The Morgan fingerprint density at radius 1 is 1.33 bits per heavy atom. The number of aromatic amines is 1. The Morgan fingerprint density at radius 3 is 2.38 bits per heavy atom. The van der Waals surface area contributed by atoms with Gasteiger partial charge in [-0.2, -0.15) is 0 Å². The van der Waals surface area contributed by atoms with Crippen molar-refractivity contribution in [1.29, 1.82) is 0 Å². The van der Waals surface area contributed by atoms with E-state index >= 15 is 0 Å². The lowest BCUT2D eigenvalue weighted by Gasteiger charge is -2.38. The lowest BCUT2D eigenvalue weighted by Crippen LogP contribution is -2.36. The molecule has 2 rings (SSSR count). The van der Waals surface area contributed by atoms with Gasteiger partial charge in [-0.05, 0) is 47.5 Å². The number of aromatic nitrogens is 2. The van der Waals surface area contributed by atoms with Gasteiger partial charge in [0.2, 0.25) is 0 Å². The van der Waals surface area contributed by atoms with E-state index in [1.165, 1.54) is 0 Å². The fourth-order valence-electron chi connectivity index (χ4n) is 2.96. The van der Waals surface area contributed by atoms with Crippen LogP contribution in [-0.4, -0.2) is 17.1 Å². The van der Waals surface area contributed by atoms with Gasteiger partial charge >= 0.3 is 0 Å². The molecule has 1 fully saturated rings. The van der Waals surface area contributed by atoms with E-state index < -0.39 is 0 Å². The van der Waals surface area contributed by atoms with Crippen molar-refractivity contribution < 1.29 is 4.74 Å². The Kier molecular flexibility index (Phi) is 4.96. The molecule has 0 radical (unpaired) electrons. The highest BCUT2D eigenvalue weighted by Gasteiger charge is 2.39. The molecule has 3 nitrogen and oxygen atoms in total. The highest BCUT2D eigenvalue weighted by Crippen LogP contribution is 2.41. The van der Waals surface area contributed by atoms with Crippen LogP contribution in [0.5, 0.6) is 0 Å². The summed E-state index contributed by atoms with van der Waals surface area (Å²) < 4.78 is 7.43. The molecule has 118 valence electrons. The average molecular weight is 373 g/mol. The van der Waals surface area contributed by atoms with Gasteiger partial charge in [-0.3, -0.25) is 0 Å². The molecule has 0 atom stereocenters. The molecule has 0 aromatic carbocycles. The highest BCUT2D eigenvalue weighted by atomic mass is 79.9. The van der Waals surface area contributed by atoms with Crippen LogP contribution >= 0.6 is 28.1 Å². The van der Waals surface area contributed by atoms with E-state index in [1.807, 2.05) is 0 Å². The van der Waals surface area contributed by atoms with Gasteiger partial charge < -0.3 is 9.72 Å². The molecule has 0 bridgehead atoms. The van der Waals surface area contributed by atoms with E-state index in [9.17, 15) is 0 Å². The largest absolute Gasteiger partial charge is 0.370 e. The summed E-state index contributed by atoms with van der Waals surface area (Å²) in [5.74, 6) is 1.64. The first-order chi connectivity index (χ1) is 9.69. The number of hydrogen-bond acceptors (Lipinski definition) is 3. The van der Waals surface area contributed by atoms with Crippen molar-refractivity contribution in [3.63, 3.8) is 0 Å². The highest BCUT2D eigenvalue weighted by molar-refractivity contribution is 9.10. The Balaban J connectivity index is 2.53. The van der Waals surface area contributed by atoms with Crippen LogP contribution in [0.2, 0.25) is 0 Å². The second-order valence-electron chi connectivity index (χ2n) is 7.21. The molecule has 0 unspecified atom stereocenters. The predicted molar refractivity (Wildman–Crippen MR) is 92.1 cm³/mol. The Labute approximate surface area is 141 Å². The van der Waals surface area contributed by atoms with Crippen LogP contribution in [0.25, 0.3) is 0 Å². The third kappa shape index (κ3) is 3.40. The zero-order chi connectivity index (χ0) is 15.8. The molecule has 0 saturated heterocycles. The molecule has 21 heavy (non-hydrogen) atoms. The summed E-state index contributed by atoms with van der Waals surface area (Å²) in [5.41, 5.74) is 0.745. The summed E-state index contributed by atoms with van der Waals surface area (Å²) in [7, 11) is 1.79. The third-order valence-corrected chi connectivity index (χ3v) is 5.85. The van der Waals surface area contributed by atoms with Crippen LogP contribution in [0.4, 0.5) is 0 Å². The maximum atomic E-state index is 5.92. The first-order valence-electron chi connectivity index (χ1n) is 7.55. The van der Waals surface area contributed by atoms with E-state index in [1.54, 1.807) is 7.11 Å². The van der Waals surface area contributed by atoms with E-state index in [4.69, 9.17) is 17.0 Å². The van der Waals surface area contributed by atoms with Crippen LogP contribution in [0.1, 0.15) is 64.9 Å². The smallest absolute Gasteiger partial charge is 0.144 e. The number of nitrogens with zero attached hydrogens (tertiary/aromatic N) is 1. The number of halogens is 1. The number of H-pyrrole nitrogens is 1. The van der Waals surface area contributed by atoms with E-state index in [2.05, 4.69) is 53.6 Å². The van der Waals surface area contributed by atoms with Crippen LogP contribution in [0, 0.1) is 10.6 Å². The van der Waals surface area contributed by atoms with Crippen LogP contribution in [0.3, 0.4) is 0 Å². The SMILES string of the molecule is COC1(c2nc(=S)c(Br)c(C(C)(C)C)[nH]2)CCC(C)CC1. The number of hydrogen-bond donors (Lipinski definition) is 1. The summed E-state index contributed by atoms with van der Waals surface area (Å²) in [5, 5.41) is 0. The zero-order valence-electron chi connectivity index (χ0n) is 13.5. The Bertz CT molecular complexity index is 569. The number of methoxy groups -OCH3 is 1. The van der Waals surface area contributed by atoms with Crippen molar-refractivity contribution in [2.75, 3.05) is 7.11 Å². The molecule has 0 spiro atoms. The molecule has 1 heterocycles. The van der Waals surface area contributed by atoms with Gasteiger partial charge in [0.05, 0.1) is 4.47 Å². The molecule has 1 saturated carbocycles. The maximum absolute atomic E-state index is 5.92. The average Bonchev–Trinajstić information content (AvgIpc) is 2.42. The topological polar surface area (TPSA) is 37.9 Å². The van der Waals surface area contributed by atoms with E-state index in [0.29, 0.717) is 4.64 Å². The summed E-state index contributed by atoms with van der Waals surface area (Å²) in [6.45, 7) is 8.82. The molecular formula is C16H25BrN2OS. The van der Waals surface area contributed by atoms with Crippen LogP contribution in [0.15, 0.2) is 4.47 Å². The molecule has 1 aromatic rings. The third-order valence-electron chi connectivity index (χ3n) is 4.52. The molecule has 0 aliphatic heterocycles. The second kappa shape index (κ2) is 6.09. The quantitative estimate of drug-likeness (QED) is 0.720. The Morgan fingerprint density at radius 2 is 1.90 bits per heavy atom. The second-order valence-corrected chi connectivity index (χ2v) is 8.39. The molecule has 1 aliphatic carbocycles. The normalized spacial score (nSPS) is 26.9. The van der Waals surface area contributed by atoms with E-state index in [-0.39, 0.29) is 11.0 Å². The van der Waals surface area contributed by atoms with Gasteiger partial charge in [-0.15, -0.1) is 0 Å². The van der Waals surface area contributed by atoms with Crippen molar-refractivity contribution >= 4 is 28.1 Å². The number of rotatable bonds is 2. The molecular weight excluding hydrogens is 348 g/mol. The van der Waals surface area contributed by atoms with Crippen LogP contribution < -0.4 is 0 Å². The summed E-state index contributed by atoms with van der Waals surface area (Å²) >= 11 is 9.04. The predicted octanol–water partition coefficient (Wildman–Crippen LogP) is 5.25. The minimum Gasteiger partial charge on any atom is -0.370 e. The van der Waals surface area contributed by atoms with Gasteiger partial charge in [0, 0.05) is 18.2 Å². The molecule has 0 amide bonds. The van der Waals surface area contributed by atoms with Gasteiger partial charge in [-0.1, -0.05) is 39.9 Å². The minimum atomic E-state index is -0.319. The first-order valence-corrected chi connectivity index (χ1v) is 8.75. The summed E-state index contributed by atoms with van der Waals surface area (Å²) in [4.78, 5) is 8.15. The first kappa shape index (κ1) is 17.1. The lowest BCUT2D eigenvalue weighted by molar-refractivity contribution is -0.0600. The molecule has 1 aliphatic rings.